The summed E-state index contributed by atoms with van der Waals surface area (Å²) >= 11 is 0. The van der Waals surface area contributed by atoms with Crippen LogP contribution in [0.15, 0.2) is 24.3 Å². The summed E-state index contributed by atoms with van der Waals surface area (Å²) in [5, 5.41) is 5.70. The van der Waals surface area contributed by atoms with Gasteiger partial charge in [-0.1, -0.05) is 19.1 Å². The Labute approximate surface area is 136 Å². The first-order valence-corrected chi connectivity index (χ1v) is 8.15. The molecule has 1 fully saturated rings. The average Bonchev–Trinajstić information content (AvgIpc) is 2.99. The first-order chi connectivity index (χ1) is 11.1. The van der Waals surface area contributed by atoms with Crippen molar-refractivity contribution in [2.75, 3.05) is 19.6 Å². The van der Waals surface area contributed by atoms with Crippen LogP contribution in [0, 0.1) is 5.82 Å². The van der Waals surface area contributed by atoms with E-state index in [2.05, 4.69) is 10.6 Å². The summed E-state index contributed by atoms with van der Waals surface area (Å²) in [6, 6.07) is 6.31. The number of nitrogens with zero attached hydrogens (tertiary/aromatic N) is 1. The van der Waals surface area contributed by atoms with Crippen molar-refractivity contribution < 1.29 is 14.0 Å². The molecule has 0 radical (unpaired) electrons. The van der Waals surface area contributed by atoms with E-state index < -0.39 is 0 Å². The van der Waals surface area contributed by atoms with Gasteiger partial charge in [-0.05, 0) is 37.0 Å². The number of aryl methyl sites for hydroxylation is 1. The van der Waals surface area contributed by atoms with Crippen molar-refractivity contribution in [3.05, 3.63) is 35.6 Å². The van der Waals surface area contributed by atoms with Gasteiger partial charge in [0.15, 0.2) is 0 Å². The van der Waals surface area contributed by atoms with Crippen molar-refractivity contribution in [3.63, 3.8) is 0 Å². The highest BCUT2D eigenvalue weighted by atomic mass is 19.1. The molecule has 5 nitrogen and oxygen atoms in total. The van der Waals surface area contributed by atoms with Crippen LogP contribution in [0.1, 0.15) is 31.7 Å². The third-order valence-electron chi connectivity index (χ3n) is 4.00. The fourth-order valence-corrected chi connectivity index (χ4v) is 2.75. The van der Waals surface area contributed by atoms with Crippen LogP contribution < -0.4 is 10.6 Å². The number of rotatable bonds is 6. The quantitative estimate of drug-likeness (QED) is 0.788. The molecule has 3 amide bonds. The second-order valence-corrected chi connectivity index (χ2v) is 5.81. The summed E-state index contributed by atoms with van der Waals surface area (Å²) in [5.41, 5.74) is 0.928. The van der Waals surface area contributed by atoms with Crippen LogP contribution in [0.4, 0.5) is 9.18 Å². The number of hydrogen-bond acceptors (Lipinski definition) is 2. The number of amides is 3. The lowest BCUT2D eigenvalue weighted by Gasteiger charge is -2.16. The standard InChI is InChI=1S/C17H24FN3O2/c1-2-16(22)21-10-8-15(12-21)20-17(23)19-9-4-6-13-5-3-7-14(18)11-13/h3,5,7,11,15H,2,4,6,8-10,12H2,1H3,(H2,19,20,23)/t15-/m0/s1. The van der Waals surface area contributed by atoms with E-state index in [9.17, 15) is 14.0 Å². The molecule has 1 aliphatic heterocycles. The summed E-state index contributed by atoms with van der Waals surface area (Å²) in [5.74, 6) is -0.106. The topological polar surface area (TPSA) is 61.4 Å². The molecule has 126 valence electrons. The predicted molar refractivity (Wildman–Crippen MR) is 86.5 cm³/mol. The van der Waals surface area contributed by atoms with Crippen LogP contribution in [0.3, 0.4) is 0 Å². The summed E-state index contributed by atoms with van der Waals surface area (Å²) in [4.78, 5) is 25.2. The molecule has 0 unspecified atom stereocenters. The fourth-order valence-electron chi connectivity index (χ4n) is 2.75. The number of carbonyl (C=O) groups excluding carboxylic acids is 2. The SMILES string of the molecule is CCC(=O)N1CC[C@H](NC(=O)NCCCc2cccc(F)c2)C1. The predicted octanol–water partition coefficient (Wildman–Crippen LogP) is 2.07. The monoisotopic (exact) mass is 321 g/mol. The molecule has 1 aromatic carbocycles. The highest BCUT2D eigenvalue weighted by Gasteiger charge is 2.26. The minimum atomic E-state index is -0.236. The van der Waals surface area contributed by atoms with Crippen LogP contribution in [0.5, 0.6) is 0 Å². The molecule has 0 aromatic heterocycles. The number of benzene rings is 1. The summed E-state index contributed by atoms with van der Waals surface area (Å²) in [6.45, 7) is 3.67. The van der Waals surface area contributed by atoms with Crippen molar-refractivity contribution in [3.8, 4) is 0 Å². The van der Waals surface area contributed by atoms with Gasteiger partial charge in [0, 0.05) is 32.1 Å². The number of nitrogens with one attached hydrogen (secondary N) is 2. The molecule has 2 rings (SSSR count). The Morgan fingerprint density at radius 3 is 2.96 bits per heavy atom. The van der Waals surface area contributed by atoms with E-state index in [1.165, 1.54) is 12.1 Å². The van der Waals surface area contributed by atoms with Crippen LogP contribution in [-0.2, 0) is 11.2 Å². The van der Waals surface area contributed by atoms with Crippen LogP contribution >= 0.6 is 0 Å². The molecule has 1 aromatic rings. The van der Waals surface area contributed by atoms with E-state index in [-0.39, 0.29) is 23.8 Å². The van der Waals surface area contributed by atoms with Crippen molar-refractivity contribution in [1.29, 1.82) is 0 Å². The summed E-state index contributed by atoms with van der Waals surface area (Å²) in [6.07, 6.45) is 2.77. The first kappa shape index (κ1) is 17.2. The largest absolute Gasteiger partial charge is 0.341 e. The van der Waals surface area contributed by atoms with Gasteiger partial charge in [0.05, 0.1) is 0 Å². The molecule has 1 saturated heterocycles. The van der Waals surface area contributed by atoms with Gasteiger partial charge < -0.3 is 15.5 Å². The highest BCUT2D eigenvalue weighted by molar-refractivity contribution is 5.77. The molecule has 1 aliphatic rings. The second-order valence-electron chi connectivity index (χ2n) is 5.81. The maximum atomic E-state index is 13.0. The van der Waals surface area contributed by atoms with Gasteiger partial charge in [0.2, 0.25) is 5.91 Å². The Morgan fingerprint density at radius 2 is 2.22 bits per heavy atom. The van der Waals surface area contributed by atoms with E-state index in [1.54, 1.807) is 11.0 Å². The molecular formula is C17H24FN3O2. The average molecular weight is 321 g/mol. The van der Waals surface area contributed by atoms with Gasteiger partial charge in [0.1, 0.15) is 5.82 Å². The molecule has 0 saturated carbocycles. The zero-order valence-corrected chi connectivity index (χ0v) is 13.5. The Hall–Kier alpha value is -2.11. The van der Waals surface area contributed by atoms with E-state index in [1.807, 2.05) is 13.0 Å². The van der Waals surface area contributed by atoms with Crippen molar-refractivity contribution >= 4 is 11.9 Å². The van der Waals surface area contributed by atoms with E-state index in [0.29, 0.717) is 26.1 Å². The van der Waals surface area contributed by atoms with Gasteiger partial charge in [-0.3, -0.25) is 4.79 Å². The Kier molecular flexibility index (Phi) is 6.38. The van der Waals surface area contributed by atoms with Gasteiger partial charge >= 0.3 is 6.03 Å². The molecular weight excluding hydrogens is 297 g/mol. The van der Waals surface area contributed by atoms with E-state index in [4.69, 9.17) is 0 Å². The second kappa shape index (κ2) is 8.50. The minimum absolute atomic E-state index is 0.0220. The number of hydrogen-bond donors (Lipinski definition) is 2. The van der Waals surface area contributed by atoms with E-state index in [0.717, 1.165) is 24.8 Å². The van der Waals surface area contributed by atoms with Gasteiger partial charge in [0.25, 0.3) is 0 Å². The minimum Gasteiger partial charge on any atom is -0.341 e. The molecule has 1 atom stereocenters. The first-order valence-electron chi connectivity index (χ1n) is 8.15. The maximum Gasteiger partial charge on any atom is 0.315 e. The van der Waals surface area contributed by atoms with Crippen LogP contribution in [0.25, 0.3) is 0 Å². The van der Waals surface area contributed by atoms with Gasteiger partial charge in [-0.2, -0.15) is 0 Å². The zero-order valence-electron chi connectivity index (χ0n) is 13.5. The number of carbonyl (C=O) groups is 2. The van der Waals surface area contributed by atoms with Gasteiger partial charge in [-0.25, -0.2) is 9.18 Å². The molecule has 1 heterocycles. The Bertz CT molecular complexity index is 550. The van der Waals surface area contributed by atoms with Crippen molar-refractivity contribution in [2.45, 2.75) is 38.6 Å². The molecule has 0 spiro atoms. The molecule has 2 N–H and O–H groups in total. The fraction of sp³-hybridized carbons (Fsp3) is 0.529. The van der Waals surface area contributed by atoms with Crippen molar-refractivity contribution in [2.24, 2.45) is 0 Å². The normalized spacial score (nSPS) is 17.1. The van der Waals surface area contributed by atoms with Crippen LogP contribution in [0.2, 0.25) is 0 Å². The number of halogens is 1. The van der Waals surface area contributed by atoms with Crippen molar-refractivity contribution in [1.82, 2.24) is 15.5 Å². The molecule has 23 heavy (non-hydrogen) atoms. The zero-order chi connectivity index (χ0) is 16.7. The summed E-state index contributed by atoms with van der Waals surface area (Å²) in [7, 11) is 0. The lowest BCUT2D eigenvalue weighted by atomic mass is 10.1. The summed E-state index contributed by atoms with van der Waals surface area (Å²) < 4.78 is 13.0. The molecule has 0 aliphatic carbocycles. The van der Waals surface area contributed by atoms with Crippen LogP contribution in [-0.4, -0.2) is 42.5 Å². The smallest absolute Gasteiger partial charge is 0.315 e. The lowest BCUT2D eigenvalue weighted by Crippen LogP contribution is -2.44. The number of urea groups is 1. The third kappa shape index (κ3) is 5.54. The Morgan fingerprint density at radius 1 is 1.39 bits per heavy atom. The van der Waals surface area contributed by atoms with E-state index >= 15 is 0 Å². The number of likely N-dealkylation sites (tertiary alicyclic amines) is 1. The molecule has 6 heteroatoms. The molecule has 0 bridgehead atoms. The highest BCUT2D eigenvalue weighted by Crippen LogP contribution is 2.10. The maximum absolute atomic E-state index is 13.0. The Balaban J connectivity index is 1.61. The third-order valence-corrected chi connectivity index (χ3v) is 4.00. The lowest BCUT2D eigenvalue weighted by molar-refractivity contribution is -0.129. The van der Waals surface area contributed by atoms with Gasteiger partial charge in [-0.15, -0.1) is 0 Å².